The van der Waals surface area contributed by atoms with Crippen LogP contribution in [0.3, 0.4) is 0 Å². The van der Waals surface area contributed by atoms with Gasteiger partial charge in [-0.2, -0.15) is 0 Å². The number of nitrogens with two attached hydrogens (primary N) is 1. The average molecular weight is 284 g/mol. The van der Waals surface area contributed by atoms with Crippen LogP contribution in [0.2, 0.25) is 0 Å². The van der Waals surface area contributed by atoms with Crippen LogP contribution in [0.5, 0.6) is 11.6 Å². The van der Waals surface area contributed by atoms with Gasteiger partial charge >= 0.3 is 0 Å². The summed E-state index contributed by atoms with van der Waals surface area (Å²) in [6.45, 7) is 8.49. The molecule has 2 N–H and O–H groups in total. The molecule has 0 aliphatic carbocycles. The molecular formula is C18H24N2O. The lowest BCUT2D eigenvalue weighted by molar-refractivity contribution is 0.453. The zero-order chi connectivity index (χ0) is 15.4. The number of aromatic nitrogens is 1. The van der Waals surface area contributed by atoms with Gasteiger partial charge in [-0.05, 0) is 55.5 Å². The van der Waals surface area contributed by atoms with Gasteiger partial charge in [0.05, 0.1) is 0 Å². The Hall–Kier alpha value is -1.87. The summed E-state index contributed by atoms with van der Waals surface area (Å²) in [5, 5.41) is 0. The van der Waals surface area contributed by atoms with Crippen molar-refractivity contribution in [3.63, 3.8) is 0 Å². The van der Waals surface area contributed by atoms with Gasteiger partial charge in [-0.15, -0.1) is 0 Å². The number of pyridine rings is 1. The minimum atomic E-state index is 0.0848. The molecule has 112 valence electrons. The van der Waals surface area contributed by atoms with Gasteiger partial charge in [0.15, 0.2) is 0 Å². The predicted molar refractivity (Wildman–Crippen MR) is 86.9 cm³/mol. The van der Waals surface area contributed by atoms with Crippen molar-refractivity contribution in [2.75, 3.05) is 0 Å². The van der Waals surface area contributed by atoms with Crippen molar-refractivity contribution in [1.82, 2.24) is 4.98 Å². The Kier molecular flexibility index (Phi) is 4.97. The molecule has 0 bridgehead atoms. The number of hydrogen-bond donors (Lipinski definition) is 1. The van der Waals surface area contributed by atoms with Crippen molar-refractivity contribution in [2.45, 2.75) is 46.1 Å². The van der Waals surface area contributed by atoms with Crippen molar-refractivity contribution in [2.24, 2.45) is 5.73 Å². The lowest BCUT2D eigenvalue weighted by atomic mass is 9.98. The van der Waals surface area contributed by atoms with Gasteiger partial charge in [-0.3, -0.25) is 0 Å². The summed E-state index contributed by atoms with van der Waals surface area (Å²) in [6.07, 6.45) is 2.50. The summed E-state index contributed by atoms with van der Waals surface area (Å²) >= 11 is 0. The topological polar surface area (TPSA) is 48.1 Å². The summed E-state index contributed by atoms with van der Waals surface area (Å²) in [5.74, 6) is 1.98. The molecule has 1 unspecified atom stereocenters. The summed E-state index contributed by atoms with van der Waals surface area (Å²) in [5.41, 5.74) is 9.51. The first-order chi connectivity index (χ1) is 9.97. The van der Waals surface area contributed by atoms with Gasteiger partial charge in [-0.1, -0.05) is 26.0 Å². The summed E-state index contributed by atoms with van der Waals surface area (Å²) in [6, 6.07) is 10.2. The second kappa shape index (κ2) is 6.72. The Morgan fingerprint density at radius 3 is 2.57 bits per heavy atom. The van der Waals surface area contributed by atoms with Gasteiger partial charge < -0.3 is 10.5 Å². The van der Waals surface area contributed by atoms with E-state index in [1.54, 1.807) is 6.20 Å². The maximum atomic E-state index is 5.96. The molecule has 0 spiro atoms. The van der Waals surface area contributed by atoms with Gasteiger partial charge in [0.1, 0.15) is 5.75 Å². The maximum absolute atomic E-state index is 5.96. The molecule has 21 heavy (non-hydrogen) atoms. The fourth-order valence-corrected chi connectivity index (χ4v) is 2.49. The summed E-state index contributed by atoms with van der Waals surface area (Å²) in [7, 11) is 0. The third-order valence-corrected chi connectivity index (χ3v) is 3.47. The third-order valence-electron chi connectivity index (χ3n) is 3.47. The van der Waals surface area contributed by atoms with Crippen LogP contribution in [0, 0.1) is 6.92 Å². The molecule has 0 amide bonds. The number of aryl methyl sites for hydroxylation is 1. The number of nitrogens with zero attached hydrogens (tertiary/aromatic N) is 1. The van der Waals surface area contributed by atoms with E-state index in [2.05, 4.69) is 37.9 Å². The monoisotopic (exact) mass is 284 g/mol. The Labute approximate surface area is 127 Å². The van der Waals surface area contributed by atoms with Crippen LogP contribution in [0.1, 0.15) is 43.4 Å². The first-order valence-corrected chi connectivity index (χ1v) is 7.45. The van der Waals surface area contributed by atoms with Crippen LogP contribution in [-0.4, -0.2) is 11.0 Å². The minimum Gasteiger partial charge on any atom is -0.439 e. The van der Waals surface area contributed by atoms with Gasteiger partial charge in [0.25, 0.3) is 0 Å². The van der Waals surface area contributed by atoms with Crippen LogP contribution in [-0.2, 0) is 6.42 Å². The van der Waals surface area contributed by atoms with E-state index in [-0.39, 0.29) is 6.04 Å². The van der Waals surface area contributed by atoms with Crippen molar-refractivity contribution in [3.8, 4) is 11.6 Å². The molecule has 1 aromatic heterocycles. The molecule has 2 aromatic rings. The highest BCUT2D eigenvalue weighted by molar-refractivity contribution is 5.39. The molecule has 0 saturated carbocycles. The van der Waals surface area contributed by atoms with Crippen LogP contribution in [0.25, 0.3) is 0 Å². The van der Waals surface area contributed by atoms with E-state index in [9.17, 15) is 0 Å². The standard InChI is InChI=1S/C18H24N2O/c1-12(2)17-8-7-16(10-13(17)3)21-18-15(11-14(4)19)6-5-9-20-18/h5-10,12,14H,11,19H2,1-4H3. The van der Waals surface area contributed by atoms with Crippen LogP contribution in [0.15, 0.2) is 36.5 Å². The Balaban J connectivity index is 2.24. The van der Waals surface area contributed by atoms with Gasteiger partial charge in [0, 0.05) is 17.8 Å². The van der Waals surface area contributed by atoms with E-state index < -0.39 is 0 Å². The van der Waals surface area contributed by atoms with E-state index in [0.717, 1.165) is 17.7 Å². The number of ether oxygens (including phenoxy) is 1. The number of rotatable bonds is 5. The zero-order valence-electron chi connectivity index (χ0n) is 13.3. The lowest BCUT2D eigenvalue weighted by Gasteiger charge is -2.14. The zero-order valence-corrected chi connectivity index (χ0v) is 13.3. The number of benzene rings is 1. The molecule has 1 atom stereocenters. The minimum absolute atomic E-state index is 0.0848. The fourth-order valence-electron chi connectivity index (χ4n) is 2.49. The lowest BCUT2D eigenvalue weighted by Crippen LogP contribution is -2.18. The highest BCUT2D eigenvalue weighted by atomic mass is 16.5. The second-order valence-corrected chi connectivity index (χ2v) is 5.92. The van der Waals surface area contributed by atoms with Gasteiger partial charge in [-0.25, -0.2) is 4.98 Å². The fraction of sp³-hybridized carbons (Fsp3) is 0.389. The Morgan fingerprint density at radius 2 is 1.95 bits per heavy atom. The van der Waals surface area contributed by atoms with Crippen molar-refractivity contribution in [3.05, 3.63) is 53.2 Å². The SMILES string of the molecule is Cc1cc(Oc2ncccc2CC(C)N)ccc1C(C)C. The third kappa shape index (κ3) is 4.05. The first kappa shape index (κ1) is 15.5. The highest BCUT2D eigenvalue weighted by Gasteiger charge is 2.10. The molecule has 0 radical (unpaired) electrons. The van der Waals surface area contributed by atoms with Crippen LogP contribution < -0.4 is 10.5 Å². The quantitative estimate of drug-likeness (QED) is 0.895. The second-order valence-electron chi connectivity index (χ2n) is 5.92. The van der Waals surface area contributed by atoms with Gasteiger partial charge in [0.2, 0.25) is 5.88 Å². The van der Waals surface area contributed by atoms with Crippen LogP contribution >= 0.6 is 0 Å². The predicted octanol–water partition coefficient (Wildman–Crippen LogP) is 4.20. The van der Waals surface area contributed by atoms with E-state index in [4.69, 9.17) is 10.5 Å². The number of hydrogen-bond acceptors (Lipinski definition) is 3. The summed E-state index contributed by atoms with van der Waals surface area (Å²) < 4.78 is 5.96. The molecular weight excluding hydrogens is 260 g/mol. The highest BCUT2D eigenvalue weighted by Crippen LogP contribution is 2.28. The van der Waals surface area contributed by atoms with Crippen molar-refractivity contribution < 1.29 is 4.74 Å². The molecule has 3 nitrogen and oxygen atoms in total. The Bertz CT molecular complexity index is 606. The molecule has 2 rings (SSSR count). The Morgan fingerprint density at radius 1 is 1.19 bits per heavy atom. The molecule has 0 fully saturated rings. The molecule has 1 aromatic carbocycles. The van der Waals surface area contributed by atoms with Crippen LogP contribution in [0.4, 0.5) is 0 Å². The average Bonchev–Trinajstić information content (AvgIpc) is 2.40. The molecule has 0 aliphatic heterocycles. The van der Waals surface area contributed by atoms with E-state index in [0.29, 0.717) is 11.8 Å². The van der Waals surface area contributed by atoms with E-state index >= 15 is 0 Å². The summed E-state index contributed by atoms with van der Waals surface area (Å²) in [4.78, 5) is 4.34. The largest absolute Gasteiger partial charge is 0.439 e. The van der Waals surface area contributed by atoms with Crippen molar-refractivity contribution >= 4 is 0 Å². The molecule has 0 aliphatic rings. The van der Waals surface area contributed by atoms with E-state index in [1.807, 2.05) is 25.1 Å². The smallest absolute Gasteiger partial charge is 0.222 e. The molecule has 3 heteroatoms. The molecule has 1 heterocycles. The molecule has 0 saturated heterocycles. The van der Waals surface area contributed by atoms with Crippen molar-refractivity contribution in [1.29, 1.82) is 0 Å². The normalized spacial score (nSPS) is 12.5. The maximum Gasteiger partial charge on any atom is 0.222 e. The first-order valence-electron chi connectivity index (χ1n) is 7.45. The van der Waals surface area contributed by atoms with E-state index in [1.165, 1.54) is 11.1 Å².